The first-order valence-corrected chi connectivity index (χ1v) is 10.2. The van der Waals surface area contributed by atoms with Crippen LogP contribution in [0.4, 0.5) is 10.7 Å². The Morgan fingerprint density at radius 3 is 2.71 bits per heavy atom. The van der Waals surface area contributed by atoms with Crippen molar-refractivity contribution >= 4 is 46.3 Å². The average Bonchev–Trinajstić information content (AvgIpc) is 3.43. The number of hydrogen-bond acceptors (Lipinski definition) is 4. The number of anilines is 2. The number of benzene rings is 2. The maximum Gasteiger partial charge on any atom is 0.244 e. The highest BCUT2D eigenvalue weighted by Crippen LogP contribution is 2.43. The Hall–Kier alpha value is -2.83. The van der Waals surface area contributed by atoms with E-state index in [2.05, 4.69) is 39.7 Å². The smallest absolute Gasteiger partial charge is 0.244 e. The van der Waals surface area contributed by atoms with Crippen molar-refractivity contribution in [1.29, 1.82) is 0 Å². The fourth-order valence-electron chi connectivity index (χ4n) is 2.74. The van der Waals surface area contributed by atoms with E-state index in [0.717, 1.165) is 16.4 Å². The van der Waals surface area contributed by atoms with E-state index in [0.29, 0.717) is 22.6 Å². The number of aliphatic imine (C=N–C) groups is 1. The maximum atomic E-state index is 6.24. The van der Waals surface area contributed by atoms with Crippen molar-refractivity contribution in [2.45, 2.75) is 18.8 Å². The highest BCUT2D eigenvalue weighted by molar-refractivity contribution is 7.14. The predicted octanol–water partition coefficient (Wildman–Crippen LogP) is 6.57. The van der Waals surface area contributed by atoms with Gasteiger partial charge in [-0.3, -0.25) is 5.43 Å². The van der Waals surface area contributed by atoms with Crippen LogP contribution in [-0.4, -0.2) is 12.7 Å². The van der Waals surface area contributed by atoms with E-state index in [1.165, 1.54) is 18.4 Å². The standard InChI is InChI=1S/C21H19ClN4OS/c1-23-21(26-25-20-7-4-10-28-20)24-16-11-15(14-8-9-14)12-17(13-16)27-19-6-3-2-5-18(19)22/h2-7,10-14,25H,1,8-9H2,(H,24,26). The maximum absolute atomic E-state index is 6.24. The van der Waals surface area contributed by atoms with Gasteiger partial charge in [-0.25, -0.2) is 4.99 Å². The lowest BCUT2D eigenvalue weighted by molar-refractivity contribution is 0.482. The van der Waals surface area contributed by atoms with E-state index in [1.807, 2.05) is 47.8 Å². The molecule has 1 aromatic heterocycles. The summed E-state index contributed by atoms with van der Waals surface area (Å²) in [5.74, 6) is 2.29. The molecule has 1 heterocycles. The third-order valence-corrected chi connectivity index (χ3v) is 5.33. The molecule has 2 N–H and O–H groups in total. The van der Waals surface area contributed by atoms with Crippen molar-refractivity contribution in [3.05, 3.63) is 70.6 Å². The fraction of sp³-hybridized carbons (Fsp3) is 0.143. The van der Waals surface area contributed by atoms with Gasteiger partial charge in [-0.1, -0.05) is 23.7 Å². The number of rotatable bonds is 6. The molecule has 3 aromatic rings. The summed E-state index contributed by atoms with van der Waals surface area (Å²) >= 11 is 7.80. The Morgan fingerprint density at radius 1 is 1.14 bits per heavy atom. The largest absolute Gasteiger partial charge is 0.456 e. The lowest BCUT2D eigenvalue weighted by Gasteiger charge is -2.13. The summed E-state index contributed by atoms with van der Waals surface area (Å²) in [6.07, 6.45) is 2.38. The predicted molar refractivity (Wildman–Crippen MR) is 118 cm³/mol. The molecule has 2 aromatic carbocycles. The van der Waals surface area contributed by atoms with Gasteiger partial charge in [0.15, 0.2) is 0 Å². The molecule has 7 heteroatoms. The molecule has 1 aliphatic rings. The van der Waals surface area contributed by atoms with Crippen molar-refractivity contribution in [1.82, 2.24) is 0 Å². The van der Waals surface area contributed by atoms with E-state index in [-0.39, 0.29) is 0 Å². The van der Waals surface area contributed by atoms with E-state index in [4.69, 9.17) is 16.3 Å². The molecule has 1 saturated carbocycles. The molecular weight excluding hydrogens is 392 g/mol. The van der Waals surface area contributed by atoms with E-state index in [1.54, 1.807) is 11.3 Å². The van der Waals surface area contributed by atoms with Crippen LogP contribution in [0.2, 0.25) is 5.02 Å². The molecule has 0 aliphatic heterocycles. The summed E-state index contributed by atoms with van der Waals surface area (Å²) in [5.41, 5.74) is 5.03. The molecule has 0 atom stereocenters. The van der Waals surface area contributed by atoms with Crippen LogP contribution < -0.4 is 15.5 Å². The number of ether oxygens (including phenoxy) is 1. The van der Waals surface area contributed by atoms with Crippen molar-refractivity contribution < 1.29 is 4.74 Å². The third-order valence-electron chi connectivity index (χ3n) is 4.24. The second kappa shape index (κ2) is 8.46. The van der Waals surface area contributed by atoms with Crippen molar-refractivity contribution in [3.63, 3.8) is 0 Å². The molecule has 0 amide bonds. The van der Waals surface area contributed by atoms with Gasteiger partial charge in [-0.2, -0.15) is 0 Å². The third kappa shape index (κ3) is 4.71. The summed E-state index contributed by atoms with van der Waals surface area (Å²) in [5, 5.41) is 11.0. The Balaban J connectivity index is 1.57. The van der Waals surface area contributed by atoms with Gasteiger partial charge in [0.05, 0.1) is 5.02 Å². The van der Waals surface area contributed by atoms with Crippen LogP contribution in [0.3, 0.4) is 0 Å². The van der Waals surface area contributed by atoms with Crippen molar-refractivity contribution in [2.24, 2.45) is 10.1 Å². The van der Waals surface area contributed by atoms with Gasteiger partial charge >= 0.3 is 0 Å². The van der Waals surface area contributed by atoms with Gasteiger partial charge in [0.25, 0.3) is 0 Å². The number of nitrogens with zero attached hydrogens (tertiary/aromatic N) is 2. The van der Waals surface area contributed by atoms with E-state index < -0.39 is 0 Å². The molecule has 142 valence electrons. The number of para-hydroxylation sites is 1. The van der Waals surface area contributed by atoms with Crippen LogP contribution in [0.15, 0.2) is 70.1 Å². The first kappa shape index (κ1) is 18.5. The van der Waals surface area contributed by atoms with Crippen LogP contribution >= 0.6 is 22.9 Å². The number of thiophene rings is 1. The molecule has 0 radical (unpaired) electrons. The first-order valence-electron chi connectivity index (χ1n) is 8.89. The topological polar surface area (TPSA) is 58.0 Å². The summed E-state index contributed by atoms with van der Waals surface area (Å²) in [4.78, 5) is 3.97. The Morgan fingerprint density at radius 2 is 2.00 bits per heavy atom. The minimum atomic E-state index is 0.380. The van der Waals surface area contributed by atoms with Gasteiger partial charge in [0, 0.05) is 11.8 Å². The monoisotopic (exact) mass is 410 g/mol. The van der Waals surface area contributed by atoms with Crippen molar-refractivity contribution in [2.75, 3.05) is 10.7 Å². The zero-order chi connectivity index (χ0) is 19.3. The van der Waals surface area contributed by atoms with E-state index >= 15 is 0 Å². The van der Waals surface area contributed by atoms with Gasteiger partial charge in [0.1, 0.15) is 16.5 Å². The molecule has 0 saturated heterocycles. The number of hydrazone groups is 1. The second-order valence-electron chi connectivity index (χ2n) is 6.41. The molecule has 5 nitrogen and oxygen atoms in total. The van der Waals surface area contributed by atoms with Crippen LogP contribution in [0, 0.1) is 0 Å². The minimum absolute atomic E-state index is 0.380. The molecular formula is C21H19ClN4OS. The number of halogens is 1. The number of nitrogens with one attached hydrogen (secondary N) is 2. The van der Waals surface area contributed by atoms with E-state index in [9.17, 15) is 0 Å². The number of guanidine groups is 1. The second-order valence-corrected chi connectivity index (χ2v) is 7.76. The van der Waals surface area contributed by atoms with Crippen LogP contribution in [0.25, 0.3) is 0 Å². The lowest BCUT2D eigenvalue weighted by Crippen LogP contribution is -2.11. The minimum Gasteiger partial charge on any atom is -0.456 e. The highest BCUT2D eigenvalue weighted by Gasteiger charge is 2.24. The molecule has 1 aliphatic carbocycles. The van der Waals surface area contributed by atoms with Gasteiger partial charge in [-0.15, -0.1) is 16.4 Å². The molecule has 0 spiro atoms. The average molecular weight is 411 g/mol. The molecule has 0 bridgehead atoms. The zero-order valence-electron chi connectivity index (χ0n) is 15.1. The van der Waals surface area contributed by atoms with Gasteiger partial charge in [0.2, 0.25) is 5.96 Å². The van der Waals surface area contributed by atoms with Crippen molar-refractivity contribution in [3.8, 4) is 11.5 Å². The highest BCUT2D eigenvalue weighted by atomic mass is 35.5. The molecule has 0 unspecified atom stereocenters. The lowest BCUT2D eigenvalue weighted by atomic mass is 10.1. The number of hydrogen-bond donors (Lipinski definition) is 2. The molecule has 28 heavy (non-hydrogen) atoms. The van der Waals surface area contributed by atoms with Gasteiger partial charge in [-0.05, 0) is 72.8 Å². The van der Waals surface area contributed by atoms with Crippen LogP contribution in [-0.2, 0) is 0 Å². The summed E-state index contributed by atoms with van der Waals surface area (Å²) < 4.78 is 6.03. The van der Waals surface area contributed by atoms with Crippen LogP contribution in [0.5, 0.6) is 11.5 Å². The quantitative estimate of drug-likeness (QED) is 0.274. The molecule has 4 rings (SSSR count). The van der Waals surface area contributed by atoms with Crippen LogP contribution in [0.1, 0.15) is 24.3 Å². The Bertz CT molecular complexity index is 999. The SMILES string of the molecule is C=N/C(=N\Nc1cccs1)Nc1cc(Oc2ccccc2Cl)cc(C2CC2)c1. The Labute approximate surface area is 172 Å². The summed E-state index contributed by atoms with van der Waals surface area (Å²) in [7, 11) is 0. The fourth-order valence-corrected chi connectivity index (χ4v) is 3.48. The summed E-state index contributed by atoms with van der Waals surface area (Å²) in [6.45, 7) is 3.60. The Kier molecular flexibility index (Phi) is 5.60. The first-order chi connectivity index (χ1) is 13.7. The molecule has 1 fully saturated rings. The normalized spacial score (nSPS) is 13.8. The van der Waals surface area contributed by atoms with Gasteiger partial charge < -0.3 is 10.1 Å². The summed E-state index contributed by atoms with van der Waals surface area (Å²) in [6, 6.07) is 17.4. The zero-order valence-corrected chi connectivity index (χ0v) is 16.6.